The molecule has 0 bridgehead atoms. The monoisotopic (exact) mass is 568 g/mol. The van der Waals surface area contributed by atoms with Crippen molar-refractivity contribution in [2.75, 3.05) is 45.9 Å². The van der Waals surface area contributed by atoms with E-state index < -0.39 is 0 Å². The zero-order valence-corrected chi connectivity index (χ0v) is 23.5. The zero-order valence-electron chi connectivity index (χ0n) is 22.0. The van der Waals surface area contributed by atoms with Gasteiger partial charge in [-0.05, 0) is 48.7 Å². The molecule has 2 aromatic carbocycles. The van der Waals surface area contributed by atoms with Crippen LogP contribution in [0.4, 0.5) is 0 Å². The average Bonchev–Trinajstić information content (AvgIpc) is 3.71. The standard InChI is InChI=1S/C30H34Cl2N4O3/c31-27-11-8-24(19-28(27)32)30(38)35(14-13-33-15-17-39-18-16-33)22-29(37)36(25-9-10-25)21-26-7-4-12-34(26)20-23-5-2-1-3-6-23/h1-8,11-12,19,25H,9-10,13-18,20-22H2. The molecule has 0 unspecified atom stereocenters. The second-order valence-electron chi connectivity index (χ2n) is 10.2. The van der Waals surface area contributed by atoms with Gasteiger partial charge in [-0.1, -0.05) is 53.5 Å². The van der Waals surface area contributed by atoms with E-state index in [1.165, 1.54) is 5.56 Å². The van der Waals surface area contributed by atoms with Gasteiger partial charge in [-0.25, -0.2) is 0 Å². The van der Waals surface area contributed by atoms with E-state index in [-0.39, 0.29) is 24.4 Å². The SMILES string of the molecule is O=C(c1ccc(Cl)c(Cl)c1)N(CCN1CCOCC1)CC(=O)N(Cc1cccn1Cc1ccccc1)C1CC1. The van der Waals surface area contributed by atoms with Gasteiger partial charge in [-0.3, -0.25) is 14.5 Å². The Morgan fingerprint density at radius 2 is 1.72 bits per heavy atom. The lowest BCUT2D eigenvalue weighted by Crippen LogP contribution is -2.47. The highest BCUT2D eigenvalue weighted by molar-refractivity contribution is 6.42. The van der Waals surface area contributed by atoms with Crippen LogP contribution in [0.15, 0.2) is 66.9 Å². The van der Waals surface area contributed by atoms with Gasteiger partial charge in [-0.2, -0.15) is 0 Å². The Labute approximate surface area is 239 Å². The topological polar surface area (TPSA) is 58.0 Å². The maximum Gasteiger partial charge on any atom is 0.254 e. The minimum Gasteiger partial charge on any atom is -0.379 e. The number of carbonyl (C=O) groups excluding carboxylic acids is 2. The average molecular weight is 570 g/mol. The lowest BCUT2D eigenvalue weighted by atomic mass is 10.2. The molecular weight excluding hydrogens is 535 g/mol. The molecule has 1 saturated carbocycles. The summed E-state index contributed by atoms with van der Waals surface area (Å²) in [6, 6.07) is 19.5. The van der Waals surface area contributed by atoms with Crippen molar-refractivity contribution in [3.63, 3.8) is 0 Å². The Bertz CT molecular complexity index is 1270. The summed E-state index contributed by atoms with van der Waals surface area (Å²) in [7, 11) is 0. The number of benzene rings is 2. The molecule has 1 aliphatic heterocycles. The largest absolute Gasteiger partial charge is 0.379 e. The van der Waals surface area contributed by atoms with Crippen LogP contribution < -0.4 is 0 Å². The lowest BCUT2D eigenvalue weighted by Gasteiger charge is -2.31. The zero-order chi connectivity index (χ0) is 27.2. The third-order valence-corrected chi connectivity index (χ3v) is 8.07. The predicted molar refractivity (Wildman–Crippen MR) is 153 cm³/mol. The minimum absolute atomic E-state index is 0.0132. The van der Waals surface area contributed by atoms with Crippen molar-refractivity contribution in [1.29, 1.82) is 0 Å². The van der Waals surface area contributed by atoms with Gasteiger partial charge < -0.3 is 19.1 Å². The maximum absolute atomic E-state index is 13.8. The molecule has 3 aromatic rings. The molecule has 1 aliphatic carbocycles. The van der Waals surface area contributed by atoms with Crippen molar-refractivity contribution in [3.05, 3.63) is 93.7 Å². The molecule has 9 heteroatoms. The number of halogens is 2. The first-order valence-corrected chi connectivity index (χ1v) is 14.3. The van der Waals surface area contributed by atoms with Crippen LogP contribution in [0.2, 0.25) is 10.0 Å². The van der Waals surface area contributed by atoms with Gasteiger partial charge in [0.25, 0.3) is 5.91 Å². The van der Waals surface area contributed by atoms with E-state index in [0.717, 1.165) is 38.2 Å². The summed E-state index contributed by atoms with van der Waals surface area (Å²) in [5.74, 6) is -0.265. The Morgan fingerprint density at radius 1 is 0.949 bits per heavy atom. The predicted octanol–water partition coefficient (Wildman–Crippen LogP) is 4.81. The quantitative estimate of drug-likeness (QED) is 0.333. The second kappa shape index (κ2) is 13.0. The fraction of sp³-hybridized carbons (Fsp3) is 0.400. The van der Waals surface area contributed by atoms with Crippen molar-refractivity contribution in [2.45, 2.75) is 32.0 Å². The van der Waals surface area contributed by atoms with E-state index in [9.17, 15) is 9.59 Å². The van der Waals surface area contributed by atoms with Crippen LogP contribution in [-0.4, -0.2) is 83.1 Å². The molecule has 1 aromatic heterocycles. The molecule has 7 nitrogen and oxygen atoms in total. The summed E-state index contributed by atoms with van der Waals surface area (Å²) < 4.78 is 7.65. The summed E-state index contributed by atoms with van der Waals surface area (Å²) in [6.07, 6.45) is 4.03. The summed E-state index contributed by atoms with van der Waals surface area (Å²) in [4.78, 5) is 33.2. The molecule has 5 rings (SSSR count). The number of nitrogens with zero attached hydrogens (tertiary/aromatic N) is 4. The van der Waals surface area contributed by atoms with Gasteiger partial charge in [0, 0.05) is 56.2 Å². The number of morpholine rings is 1. The molecule has 2 fully saturated rings. The number of amides is 2. The van der Waals surface area contributed by atoms with E-state index in [2.05, 4.69) is 33.9 Å². The van der Waals surface area contributed by atoms with Crippen molar-refractivity contribution in [2.24, 2.45) is 0 Å². The minimum atomic E-state index is -0.224. The summed E-state index contributed by atoms with van der Waals surface area (Å²) in [5, 5.41) is 0.711. The van der Waals surface area contributed by atoms with E-state index in [4.69, 9.17) is 27.9 Å². The van der Waals surface area contributed by atoms with Gasteiger partial charge in [-0.15, -0.1) is 0 Å². The maximum atomic E-state index is 13.8. The van der Waals surface area contributed by atoms with Crippen LogP contribution in [-0.2, 0) is 22.6 Å². The number of hydrogen-bond donors (Lipinski definition) is 0. The highest BCUT2D eigenvalue weighted by Crippen LogP contribution is 2.29. The van der Waals surface area contributed by atoms with Gasteiger partial charge >= 0.3 is 0 Å². The Morgan fingerprint density at radius 3 is 2.44 bits per heavy atom. The van der Waals surface area contributed by atoms with Crippen molar-refractivity contribution in [3.8, 4) is 0 Å². The number of ether oxygens (including phenoxy) is 1. The highest BCUT2D eigenvalue weighted by Gasteiger charge is 2.34. The number of hydrogen-bond acceptors (Lipinski definition) is 4. The molecule has 2 amide bonds. The van der Waals surface area contributed by atoms with Crippen LogP contribution >= 0.6 is 23.2 Å². The van der Waals surface area contributed by atoms with Crippen LogP contribution in [0, 0.1) is 0 Å². The Kier molecular flexibility index (Phi) is 9.24. The number of aromatic nitrogens is 1. The lowest BCUT2D eigenvalue weighted by molar-refractivity contribution is -0.133. The molecular formula is C30H34Cl2N4O3. The van der Waals surface area contributed by atoms with Crippen LogP contribution in [0.5, 0.6) is 0 Å². The molecule has 0 spiro atoms. The van der Waals surface area contributed by atoms with Crippen LogP contribution in [0.1, 0.15) is 34.5 Å². The van der Waals surface area contributed by atoms with Crippen LogP contribution in [0.3, 0.4) is 0 Å². The highest BCUT2D eigenvalue weighted by atomic mass is 35.5. The van der Waals surface area contributed by atoms with E-state index in [1.807, 2.05) is 29.2 Å². The van der Waals surface area contributed by atoms with Crippen molar-refractivity contribution in [1.82, 2.24) is 19.3 Å². The number of carbonyl (C=O) groups is 2. The second-order valence-corrected chi connectivity index (χ2v) is 11.0. The summed E-state index contributed by atoms with van der Waals surface area (Å²) in [6.45, 7) is 5.37. The third kappa shape index (κ3) is 7.42. The fourth-order valence-electron chi connectivity index (χ4n) is 4.91. The molecule has 0 N–H and O–H groups in total. The molecule has 206 valence electrons. The molecule has 2 aliphatic rings. The Balaban J connectivity index is 1.31. The summed E-state index contributed by atoms with van der Waals surface area (Å²) in [5.41, 5.74) is 2.71. The first-order chi connectivity index (χ1) is 19.0. The first-order valence-electron chi connectivity index (χ1n) is 13.5. The normalized spacial score (nSPS) is 15.7. The van der Waals surface area contributed by atoms with E-state index in [0.29, 0.717) is 48.5 Å². The summed E-state index contributed by atoms with van der Waals surface area (Å²) >= 11 is 12.3. The van der Waals surface area contributed by atoms with E-state index in [1.54, 1.807) is 23.1 Å². The van der Waals surface area contributed by atoms with Gasteiger partial charge in [0.05, 0.1) is 29.8 Å². The van der Waals surface area contributed by atoms with Crippen molar-refractivity contribution < 1.29 is 14.3 Å². The van der Waals surface area contributed by atoms with E-state index >= 15 is 0 Å². The molecule has 0 radical (unpaired) electrons. The number of rotatable bonds is 11. The smallest absolute Gasteiger partial charge is 0.254 e. The molecule has 2 heterocycles. The molecule has 0 atom stereocenters. The van der Waals surface area contributed by atoms with Crippen molar-refractivity contribution >= 4 is 35.0 Å². The Hall–Kier alpha value is -2.84. The molecule has 1 saturated heterocycles. The van der Waals surface area contributed by atoms with Gasteiger partial charge in [0.2, 0.25) is 5.91 Å². The third-order valence-electron chi connectivity index (χ3n) is 7.33. The fourth-order valence-corrected chi connectivity index (χ4v) is 5.21. The van der Waals surface area contributed by atoms with Crippen LogP contribution in [0.25, 0.3) is 0 Å². The first kappa shape index (κ1) is 27.7. The van der Waals surface area contributed by atoms with Gasteiger partial charge in [0.15, 0.2) is 0 Å². The molecule has 39 heavy (non-hydrogen) atoms. The van der Waals surface area contributed by atoms with Gasteiger partial charge in [0.1, 0.15) is 6.54 Å².